The molecule has 3 heteroatoms. The van der Waals surface area contributed by atoms with Gasteiger partial charge in [-0.05, 0) is 23.6 Å². The first-order valence-electron chi connectivity index (χ1n) is 4.61. The Bertz CT molecular complexity index is 391. The third kappa shape index (κ3) is 6.27. The maximum Gasteiger partial charge on any atom is 1.00 e. The van der Waals surface area contributed by atoms with Gasteiger partial charge in [0.05, 0.1) is 5.57 Å². The Labute approximate surface area is 126 Å². The summed E-state index contributed by atoms with van der Waals surface area (Å²) in [6.45, 7) is 20.1. The van der Waals surface area contributed by atoms with Crippen LogP contribution in [0, 0.1) is 0 Å². The number of aliphatic carboxylic acids is 1. The monoisotopic (exact) mass is 240 g/mol. The fourth-order valence-electron chi connectivity index (χ4n) is 0.814. The minimum atomic E-state index is -1.08. The third-order valence-electron chi connectivity index (χ3n) is 2.03. The van der Waals surface area contributed by atoms with Crippen LogP contribution in [0.2, 0.25) is 0 Å². The van der Waals surface area contributed by atoms with Gasteiger partial charge in [0.1, 0.15) is 0 Å². The van der Waals surface area contributed by atoms with Gasteiger partial charge in [-0.1, -0.05) is 50.6 Å². The van der Waals surface area contributed by atoms with Crippen molar-refractivity contribution in [3.63, 3.8) is 0 Å². The summed E-state index contributed by atoms with van der Waals surface area (Å²) in [6, 6.07) is 0. The van der Waals surface area contributed by atoms with E-state index in [0.29, 0.717) is 11.1 Å². The molecule has 0 radical (unpaired) electrons. The molecule has 0 spiro atoms. The largest absolute Gasteiger partial charge is 1.00 e. The van der Waals surface area contributed by atoms with E-state index in [-0.39, 0.29) is 36.6 Å². The predicted molar refractivity (Wildman–Crippen MR) is 69.3 cm³/mol. The van der Waals surface area contributed by atoms with Gasteiger partial charge in [0, 0.05) is 0 Å². The summed E-state index contributed by atoms with van der Waals surface area (Å²) in [7, 11) is 0. The van der Waals surface area contributed by atoms with E-state index in [9.17, 15) is 4.79 Å². The topological polar surface area (TPSA) is 37.3 Å². The average molecular weight is 240 g/mol. The molecule has 0 rings (SSSR count). The summed E-state index contributed by atoms with van der Waals surface area (Å²) in [4.78, 5) is 10.6. The normalized spacial score (nSPS) is 9.24. The first-order valence-corrected chi connectivity index (χ1v) is 4.61. The first-order chi connectivity index (χ1) is 7.27. The fourth-order valence-corrected chi connectivity index (χ4v) is 0.814. The van der Waals surface area contributed by atoms with Gasteiger partial charge < -0.3 is 6.53 Å². The number of allylic oxidation sites excluding steroid dienone is 5. The molecule has 0 saturated carbocycles. The van der Waals surface area contributed by atoms with Crippen molar-refractivity contribution in [1.82, 2.24) is 0 Å². The van der Waals surface area contributed by atoms with Crippen LogP contribution in [0.5, 0.6) is 0 Å². The summed E-state index contributed by atoms with van der Waals surface area (Å²) < 4.78 is 0. The summed E-state index contributed by atoms with van der Waals surface area (Å²) >= 11 is 0. The molecule has 0 atom stereocenters. The quantitative estimate of drug-likeness (QED) is 0.418. The molecule has 86 valence electrons. The van der Waals surface area contributed by atoms with Gasteiger partial charge in [-0.15, -0.1) is 0 Å². The minimum Gasteiger partial charge on any atom is -1.00 e. The Balaban J connectivity index is -0.00000112. The molecule has 0 bridgehead atoms. The molecule has 0 fully saturated rings. The molecule has 0 aromatic heterocycles. The molecule has 0 saturated heterocycles. The Morgan fingerprint density at radius 2 is 1.35 bits per heavy atom. The second kappa shape index (κ2) is 8.07. The van der Waals surface area contributed by atoms with Crippen molar-refractivity contribution in [1.29, 1.82) is 0 Å². The van der Waals surface area contributed by atoms with Gasteiger partial charge in [0.2, 0.25) is 0 Å². The van der Waals surface area contributed by atoms with Crippen LogP contribution in [-0.2, 0) is 4.79 Å². The molecule has 1 N–H and O–H groups in total. The van der Waals surface area contributed by atoms with E-state index in [2.05, 4.69) is 32.9 Å². The van der Waals surface area contributed by atoms with Gasteiger partial charge >= 0.3 is 35.5 Å². The summed E-state index contributed by atoms with van der Waals surface area (Å²) in [6.07, 6.45) is 3.19. The molecule has 0 aliphatic rings. The van der Waals surface area contributed by atoms with Crippen molar-refractivity contribution in [3.8, 4) is 0 Å². The molecular formula is C14H17NaO2. The Morgan fingerprint density at radius 3 is 1.65 bits per heavy atom. The zero-order valence-electron chi connectivity index (χ0n) is 11.5. The number of carboxylic acid groups (broad SMARTS) is 1. The third-order valence-corrected chi connectivity index (χ3v) is 2.03. The second-order valence-electron chi connectivity index (χ2n) is 3.43. The van der Waals surface area contributed by atoms with Crippen molar-refractivity contribution >= 4 is 5.97 Å². The average Bonchev–Trinajstić information content (AvgIpc) is 2.22. The minimum absolute atomic E-state index is 0. The molecule has 17 heavy (non-hydrogen) atoms. The molecular weight excluding hydrogens is 223 g/mol. The Morgan fingerprint density at radius 1 is 1.00 bits per heavy atom. The van der Waals surface area contributed by atoms with Crippen LogP contribution < -0.4 is 29.6 Å². The van der Waals surface area contributed by atoms with Crippen LogP contribution in [-0.4, -0.2) is 11.1 Å². The van der Waals surface area contributed by atoms with E-state index in [0.717, 1.165) is 11.1 Å². The first kappa shape index (κ1) is 18.3. The van der Waals surface area contributed by atoms with Crippen LogP contribution >= 0.6 is 0 Å². The van der Waals surface area contributed by atoms with E-state index in [4.69, 9.17) is 5.11 Å². The Hall–Kier alpha value is -1.09. The summed E-state index contributed by atoms with van der Waals surface area (Å²) in [5, 5.41) is 8.67. The molecule has 0 unspecified atom stereocenters. The van der Waals surface area contributed by atoms with E-state index < -0.39 is 5.97 Å². The molecule has 0 aliphatic carbocycles. The number of carbonyl (C=O) groups is 1. The van der Waals surface area contributed by atoms with E-state index >= 15 is 0 Å². The van der Waals surface area contributed by atoms with Gasteiger partial charge in [-0.2, -0.15) is 0 Å². The maximum atomic E-state index is 10.6. The van der Waals surface area contributed by atoms with Crippen molar-refractivity contribution in [2.45, 2.75) is 6.92 Å². The number of rotatable bonds is 6. The fraction of sp³-hybridized carbons (Fsp3) is 0.0714. The smallest absolute Gasteiger partial charge is 1.00 e. The van der Waals surface area contributed by atoms with Crippen molar-refractivity contribution < 1.29 is 40.9 Å². The van der Waals surface area contributed by atoms with E-state index in [1.165, 1.54) is 0 Å². The summed E-state index contributed by atoms with van der Waals surface area (Å²) in [5.74, 6) is -1.08. The standard InChI is InChI=1S/C14H16O2.Na.H/c1-9(2)12(5)10(3)7-8-11(4)13(6)14(15)16;;/h7-8H,1,3-6H2,2H3,(H,15,16);;/q;+1;-1. The molecule has 2 nitrogen and oxygen atoms in total. The van der Waals surface area contributed by atoms with E-state index in [1.54, 1.807) is 12.2 Å². The van der Waals surface area contributed by atoms with Crippen molar-refractivity contribution in [2.75, 3.05) is 0 Å². The number of hydrogen-bond acceptors (Lipinski definition) is 1. The zero-order chi connectivity index (χ0) is 12.9. The molecule has 0 heterocycles. The van der Waals surface area contributed by atoms with Gasteiger partial charge in [0.15, 0.2) is 0 Å². The van der Waals surface area contributed by atoms with Crippen molar-refractivity contribution in [2.24, 2.45) is 0 Å². The van der Waals surface area contributed by atoms with Crippen LogP contribution in [0.4, 0.5) is 0 Å². The molecule has 0 aromatic carbocycles. The SMILES string of the molecule is C=C(C)C(=C)C(=C)C=CC(=C)C(=C)C(=O)O.[H-].[Na+]. The second-order valence-corrected chi connectivity index (χ2v) is 3.43. The molecule has 0 aliphatic heterocycles. The van der Waals surface area contributed by atoms with E-state index in [1.807, 2.05) is 6.92 Å². The van der Waals surface area contributed by atoms with Crippen LogP contribution in [0.15, 0.2) is 72.9 Å². The van der Waals surface area contributed by atoms with Gasteiger partial charge in [-0.25, -0.2) is 4.79 Å². The van der Waals surface area contributed by atoms with Gasteiger partial charge in [0.25, 0.3) is 0 Å². The molecule has 0 aromatic rings. The number of hydrogen-bond donors (Lipinski definition) is 1. The van der Waals surface area contributed by atoms with Crippen LogP contribution in [0.3, 0.4) is 0 Å². The van der Waals surface area contributed by atoms with Crippen LogP contribution in [0.25, 0.3) is 0 Å². The van der Waals surface area contributed by atoms with Crippen LogP contribution in [0.1, 0.15) is 8.35 Å². The van der Waals surface area contributed by atoms with Gasteiger partial charge in [-0.3, -0.25) is 0 Å². The molecule has 0 amide bonds. The maximum absolute atomic E-state index is 10.6. The predicted octanol–water partition coefficient (Wildman–Crippen LogP) is 0.545. The van der Waals surface area contributed by atoms with Crippen molar-refractivity contribution in [3.05, 3.63) is 72.9 Å². The Kier molecular flexibility index (Phi) is 8.68. The zero-order valence-corrected chi connectivity index (χ0v) is 12.5. The summed E-state index contributed by atoms with van der Waals surface area (Å²) in [5.41, 5.74) is 2.52. The number of carboxylic acids is 1.